The first-order valence-electron chi connectivity index (χ1n) is 11.0. The number of nitrogens with one attached hydrogen (secondary N) is 1. The maximum absolute atomic E-state index is 11.9. The summed E-state index contributed by atoms with van der Waals surface area (Å²) < 4.78 is 11.4. The summed E-state index contributed by atoms with van der Waals surface area (Å²) in [5.41, 5.74) is 4.66. The molecule has 0 aliphatic carbocycles. The Balaban J connectivity index is 1.30. The predicted octanol–water partition coefficient (Wildman–Crippen LogP) is 3.94. The number of carbonyl (C=O) groups excluding carboxylic acids is 1. The van der Waals surface area contributed by atoms with Gasteiger partial charge in [-0.2, -0.15) is 0 Å². The van der Waals surface area contributed by atoms with Crippen LogP contribution in [0.15, 0.2) is 42.5 Å². The molecule has 1 unspecified atom stereocenters. The lowest BCUT2D eigenvalue weighted by Gasteiger charge is -2.34. The second-order valence-corrected chi connectivity index (χ2v) is 8.28. The highest BCUT2D eigenvalue weighted by atomic mass is 16.5. The summed E-state index contributed by atoms with van der Waals surface area (Å²) in [5, 5.41) is 2.71. The summed E-state index contributed by atoms with van der Waals surface area (Å²) >= 11 is 0. The molecule has 1 N–H and O–H groups in total. The average Bonchev–Trinajstić information content (AvgIpc) is 2.82. The van der Waals surface area contributed by atoms with Crippen LogP contribution in [0.2, 0.25) is 0 Å². The van der Waals surface area contributed by atoms with Gasteiger partial charge in [0.1, 0.15) is 5.75 Å². The van der Waals surface area contributed by atoms with Crippen molar-refractivity contribution in [2.24, 2.45) is 0 Å². The van der Waals surface area contributed by atoms with Crippen molar-refractivity contribution in [2.75, 3.05) is 40.4 Å². The fourth-order valence-electron chi connectivity index (χ4n) is 4.73. The van der Waals surface area contributed by atoms with Crippen molar-refractivity contribution in [3.05, 3.63) is 64.7 Å². The van der Waals surface area contributed by atoms with E-state index in [-0.39, 0.29) is 12.0 Å². The summed E-state index contributed by atoms with van der Waals surface area (Å²) in [4.78, 5) is 14.5. The van der Waals surface area contributed by atoms with Crippen molar-refractivity contribution in [3.63, 3.8) is 0 Å². The molecule has 1 atom stereocenters. The molecular weight excluding hydrogens is 376 g/mol. The molecule has 2 aromatic carbocycles. The zero-order chi connectivity index (χ0) is 20.9. The van der Waals surface area contributed by atoms with Crippen LogP contribution in [0.5, 0.6) is 5.75 Å². The summed E-state index contributed by atoms with van der Waals surface area (Å²) in [6.07, 6.45) is 4.41. The first-order chi connectivity index (χ1) is 14.7. The Bertz CT molecular complexity index is 857. The highest BCUT2D eigenvalue weighted by Gasteiger charge is 2.25. The minimum Gasteiger partial charge on any atom is -0.497 e. The van der Waals surface area contributed by atoms with Crippen molar-refractivity contribution < 1.29 is 14.3 Å². The van der Waals surface area contributed by atoms with E-state index in [1.165, 1.54) is 29.5 Å². The zero-order valence-electron chi connectivity index (χ0n) is 18.0. The van der Waals surface area contributed by atoms with Crippen LogP contribution in [0, 0.1) is 0 Å². The van der Waals surface area contributed by atoms with E-state index in [0.29, 0.717) is 5.92 Å². The predicted molar refractivity (Wildman–Crippen MR) is 118 cm³/mol. The number of benzene rings is 2. The minimum absolute atomic E-state index is 0.0272. The van der Waals surface area contributed by atoms with Gasteiger partial charge in [0.2, 0.25) is 0 Å². The smallest absolute Gasteiger partial charge is 0.251 e. The van der Waals surface area contributed by atoms with Crippen LogP contribution in [0.1, 0.15) is 58.3 Å². The van der Waals surface area contributed by atoms with Crippen LogP contribution in [0.3, 0.4) is 0 Å². The Hall–Kier alpha value is -2.37. The van der Waals surface area contributed by atoms with Crippen LogP contribution >= 0.6 is 0 Å². The van der Waals surface area contributed by atoms with E-state index in [4.69, 9.17) is 9.47 Å². The molecule has 5 heteroatoms. The largest absolute Gasteiger partial charge is 0.497 e. The number of piperidine rings is 1. The first-order valence-corrected chi connectivity index (χ1v) is 11.0. The fraction of sp³-hybridized carbons (Fsp3) is 0.480. The van der Waals surface area contributed by atoms with Gasteiger partial charge >= 0.3 is 0 Å². The van der Waals surface area contributed by atoms with E-state index in [2.05, 4.69) is 40.5 Å². The van der Waals surface area contributed by atoms with Gasteiger partial charge in [-0.1, -0.05) is 18.2 Å². The maximum Gasteiger partial charge on any atom is 0.251 e. The summed E-state index contributed by atoms with van der Waals surface area (Å²) in [6.45, 7) is 4.04. The molecule has 1 saturated heterocycles. The fourth-order valence-corrected chi connectivity index (χ4v) is 4.73. The van der Waals surface area contributed by atoms with Crippen molar-refractivity contribution in [2.45, 2.75) is 37.7 Å². The number of methoxy groups -OCH3 is 1. The van der Waals surface area contributed by atoms with E-state index < -0.39 is 0 Å². The normalized spacial score (nSPS) is 19.9. The van der Waals surface area contributed by atoms with Crippen molar-refractivity contribution in [1.29, 1.82) is 0 Å². The van der Waals surface area contributed by atoms with Gasteiger partial charge in [0.25, 0.3) is 5.91 Å². The number of hydrogen-bond donors (Lipinski definition) is 1. The molecule has 5 nitrogen and oxygen atoms in total. The van der Waals surface area contributed by atoms with Gasteiger partial charge in [-0.3, -0.25) is 4.79 Å². The molecule has 1 amide bonds. The second-order valence-electron chi connectivity index (χ2n) is 8.28. The van der Waals surface area contributed by atoms with Crippen LogP contribution < -0.4 is 10.1 Å². The van der Waals surface area contributed by atoms with Gasteiger partial charge in [0.15, 0.2) is 0 Å². The highest BCUT2D eigenvalue weighted by molar-refractivity contribution is 5.94. The van der Waals surface area contributed by atoms with Gasteiger partial charge < -0.3 is 19.7 Å². The van der Waals surface area contributed by atoms with Gasteiger partial charge in [-0.25, -0.2) is 0 Å². The molecule has 160 valence electrons. The number of nitrogens with zero attached hydrogens (tertiary/aromatic N) is 1. The zero-order valence-corrected chi connectivity index (χ0v) is 18.0. The maximum atomic E-state index is 11.9. The number of ether oxygens (including phenoxy) is 2. The third-order valence-corrected chi connectivity index (χ3v) is 6.55. The summed E-state index contributed by atoms with van der Waals surface area (Å²) in [7, 11) is 3.38. The second kappa shape index (κ2) is 9.63. The number of carbonyl (C=O) groups is 1. The van der Waals surface area contributed by atoms with E-state index >= 15 is 0 Å². The van der Waals surface area contributed by atoms with Crippen molar-refractivity contribution >= 4 is 5.91 Å². The molecule has 4 rings (SSSR count). The van der Waals surface area contributed by atoms with E-state index in [1.807, 2.05) is 12.1 Å². The molecular formula is C25H32N2O3. The van der Waals surface area contributed by atoms with Gasteiger partial charge in [-0.05, 0) is 85.6 Å². The monoisotopic (exact) mass is 408 g/mol. The van der Waals surface area contributed by atoms with Crippen LogP contribution in [0.4, 0.5) is 0 Å². The first kappa shape index (κ1) is 20.9. The Morgan fingerprint density at radius 3 is 2.63 bits per heavy atom. The lowest BCUT2D eigenvalue weighted by molar-refractivity contribution is 0.0274. The topological polar surface area (TPSA) is 50.8 Å². The molecule has 0 radical (unpaired) electrons. The molecule has 1 fully saturated rings. The quantitative estimate of drug-likeness (QED) is 0.787. The Labute approximate surface area is 179 Å². The minimum atomic E-state index is -0.0272. The van der Waals surface area contributed by atoms with Gasteiger partial charge in [0, 0.05) is 19.2 Å². The average molecular weight is 409 g/mol. The molecule has 0 bridgehead atoms. The number of amides is 1. The number of fused-ring (bicyclic) bond motifs is 1. The molecule has 30 heavy (non-hydrogen) atoms. The van der Waals surface area contributed by atoms with Crippen LogP contribution in [-0.4, -0.2) is 51.2 Å². The molecule has 2 aliphatic heterocycles. The van der Waals surface area contributed by atoms with Crippen LogP contribution in [0.25, 0.3) is 0 Å². The van der Waals surface area contributed by atoms with E-state index in [1.54, 1.807) is 14.2 Å². The van der Waals surface area contributed by atoms with Gasteiger partial charge in [0.05, 0.1) is 19.8 Å². The standard InChI is InChI=1S/C25H32N2O3/c1-26-25(28)21-5-8-23-20(17-21)12-16-30-24(23)11-15-27-13-9-19(10-14-27)18-3-6-22(29-2)7-4-18/h3-8,17,19,24H,9-16H2,1-2H3,(H,26,28). The SMILES string of the molecule is CNC(=O)c1ccc2c(c1)CCOC2CCN1CCC(c2ccc(OC)cc2)CC1. The van der Waals surface area contributed by atoms with Gasteiger partial charge in [-0.15, -0.1) is 0 Å². The Kier molecular flexibility index (Phi) is 6.70. The number of rotatable bonds is 6. The summed E-state index contributed by atoms with van der Waals surface area (Å²) in [5.74, 6) is 1.54. The van der Waals surface area contributed by atoms with E-state index in [0.717, 1.165) is 50.4 Å². The number of likely N-dealkylation sites (tertiary alicyclic amines) is 1. The number of hydrogen-bond acceptors (Lipinski definition) is 4. The Morgan fingerprint density at radius 1 is 1.17 bits per heavy atom. The molecule has 0 saturated carbocycles. The van der Waals surface area contributed by atoms with E-state index in [9.17, 15) is 4.79 Å². The third kappa shape index (κ3) is 4.68. The molecule has 0 aromatic heterocycles. The lowest BCUT2D eigenvalue weighted by atomic mass is 9.89. The summed E-state index contributed by atoms with van der Waals surface area (Å²) in [6, 6.07) is 14.6. The van der Waals surface area contributed by atoms with Crippen molar-refractivity contribution in [3.8, 4) is 5.75 Å². The molecule has 2 aliphatic rings. The van der Waals surface area contributed by atoms with Crippen LogP contribution in [-0.2, 0) is 11.2 Å². The molecule has 2 aromatic rings. The molecule has 0 spiro atoms. The van der Waals surface area contributed by atoms with Crippen molar-refractivity contribution in [1.82, 2.24) is 10.2 Å². The molecule has 2 heterocycles. The highest BCUT2D eigenvalue weighted by Crippen LogP contribution is 2.33. The Morgan fingerprint density at radius 2 is 1.93 bits per heavy atom. The third-order valence-electron chi connectivity index (χ3n) is 6.55. The lowest BCUT2D eigenvalue weighted by Crippen LogP contribution is -2.34.